The van der Waals surface area contributed by atoms with Gasteiger partial charge < -0.3 is 78.6 Å². The van der Waals surface area contributed by atoms with E-state index in [4.69, 9.17) is 42.6 Å². The van der Waals surface area contributed by atoms with Gasteiger partial charge in [-0.3, -0.25) is 4.79 Å². The Balaban J connectivity index is 1.34. The summed E-state index contributed by atoms with van der Waals surface area (Å²) in [6.07, 6.45) is -17.0. The fourth-order valence-electron chi connectivity index (χ4n) is 8.17. The summed E-state index contributed by atoms with van der Waals surface area (Å²) >= 11 is 0. The van der Waals surface area contributed by atoms with E-state index in [1.165, 1.54) is 45.4 Å². The average molecular weight is 864 g/mol. The van der Waals surface area contributed by atoms with E-state index in [1.807, 2.05) is 0 Å². The van der Waals surface area contributed by atoms with Crippen LogP contribution in [0.25, 0.3) is 0 Å². The number of methoxy groups -OCH3 is 2. The van der Waals surface area contributed by atoms with Crippen molar-refractivity contribution in [1.82, 2.24) is 0 Å². The van der Waals surface area contributed by atoms with Crippen LogP contribution in [0, 0.1) is 5.92 Å². The number of aliphatic carboxylic acids is 1. The van der Waals surface area contributed by atoms with Crippen LogP contribution in [0.5, 0.6) is 11.5 Å². The van der Waals surface area contributed by atoms with Crippen molar-refractivity contribution in [3.05, 3.63) is 54.1 Å². The standard InChI is InChI=1S/C42H57NO18/c1-21-30(45)32(47)33(48)41(56-21)61-34-27(14-15-55-36(34)38(49)43-24-17-25(53-2)19-26(18-24)54-3)58-42-37(60-40(52)23-12-8-5-9-13-23)35(31(46)29(20-44)59-42)57-28(39(50)51)16-22-10-6-4-7-11-22/h5,8-9,12-13,17-19,21-22,27-37,41-42,44-48H,4,6-7,10-11,14-16,20H2,1-3H3,(H,43,49)(H,50,51)/t21-,27+,28?,29+,30+,31-,32+,33-,34-,35-,36-,37+,41-,42+/m0/s1. The molecule has 19 heteroatoms. The van der Waals surface area contributed by atoms with E-state index in [9.17, 15) is 45.0 Å². The maximum Gasteiger partial charge on any atom is 0.338 e. The van der Waals surface area contributed by atoms with Gasteiger partial charge in [0.15, 0.2) is 30.9 Å². The molecule has 0 spiro atoms. The Labute approximate surface area is 352 Å². The van der Waals surface area contributed by atoms with Crippen LogP contribution in [0.2, 0.25) is 0 Å². The first-order chi connectivity index (χ1) is 29.3. The fraction of sp³-hybridized carbons (Fsp3) is 0.643. The third-order valence-corrected chi connectivity index (χ3v) is 11.6. The van der Waals surface area contributed by atoms with Crippen molar-refractivity contribution in [3.63, 3.8) is 0 Å². The number of carbonyl (C=O) groups excluding carboxylic acids is 2. The zero-order chi connectivity index (χ0) is 43.8. The molecule has 61 heavy (non-hydrogen) atoms. The Bertz CT molecular complexity index is 1720. The first kappa shape index (κ1) is 46.5. The van der Waals surface area contributed by atoms with Gasteiger partial charge in [0.05, 0.1) is 45.2 Å². The van der Waals surface area contributed by atoms with Crippen molar-refractivity contribution in [2.45, 2.75) is 138 Å². The predicted molar refractivity (Wildman–Crippen MR) is 210 cm³/mol. The molecule has 0 radical (unpaired) electrons. The number of carboxylic acids is 1. The second kappa shape index (κ2) is 21.4. The number of aliphatic hydroxyl groups is 5. The molecule has 338 valence electrons. The zero-order valence-electron chi connectivity index (χ0n) is 34.2. The van der Waals surface area contributed by atoms with Gasteiger partial charge in [-0.05, 0) is 37.8 Å². The summed E-state index contributed by atoms with van der Waals surface area (Å²) in [4.78, 5) is 40.6. The summed E-state index contributed by atoms with van der Waals surface area (Å²) in [5.41, 5.74) is 0.351. The van der Waals surface area contributed by atoms with E-state index in [1.54, 1.807) is 24.3 Å². The first-order valence-corrected chi connectivity index (χ1v) is 20.6. The number of esters is 1. The number of anilines is 1. The highest BCUT2D eigenvalue weighted by Crippen LogP contribution is 2.36. The zero-order valence-corrected chi connectivity index (χ0v) is 34.2. The van der Waals surface area contributed by atoms with E-state index in [2.05, 4.69) is 5.32 Å². The summed E-state index contributed by atoms with van der Waals surface area (Å²) in [5, 5.41) is 67.1. The molecule has 1 aliphatic carbocycles. The lowest BCUT2D eigenvalue weighted by atomic mass is 9.85. The van der Waals surface area contributed by atoms with E-state index in [-0.39, 0.29) is 36.6 Å². The summed E-state index contributed by atoms with van der Waals surface area (Å²) < 4.78 is 53.4. The third kappa shape index (κ3) is 11.3. The fourth-order valence-corrected chi connectivity index (χ4v) is 8.17. The van der Waals surface area contributed by atoms with Crippen LogP contribution < -0.4 is 14.8 Å². The molecule has 1 amide bonds. The highest BCUT2D eigenvalue weighted by atomic mass is 16.8. The minimum absolute atomic E-state index is 0.0263. The summed E-state index contributed by atoms with van der Waals surface area (Å²) in [7, 11) is 2.87. The van der Waals surface area contributed by atoms with Gasteiger partial charge in [0.1, 0.15) is 54.2 Å². The van der Waals surface area contributed by atoms with Crippen LogP contribution in [0.3, 0.4) is 0 Å². The van der Waals surface area contributed by atoms with Gasteiger partial charge in [-0.15, -0.1) is 0 Å². The highest BCUT2D eigenvalue weighted by molar-refractivity contribution is 5.95. The molecule has 1 unspecified atom stereocenters. The third-order valence-electron chi connectivity index (χ3n) is 11.6. The molecule has 3 saturated heterocycles. The Hall–Kier alpha value is -3.99. The predicted octanol–water partition coefficient (Wildman–Crippen LogP) is 1.14. The molecule has 4 fully saturated rings. The molecule has 3 heterocycles. The number of carboxylic acid groups (broad SMARTS) is 1. The molecule has 0 bridgehead atoms. The lowest BCUT2D eigenvalue weighted by Crippen LogP contribution is -2.65. The first-order valence-electron chi connectivity index (χ1n) is 20.6. The minimum Gasteiger partial charge on any atom is -0.497 e. The molecular formula is C42H57NO18. The molecule has 4 aliphatic rings. The highest BCUT2D eigenvalue weighted by Gasteiger charge is 2.54. The minimum atomic E-state index is -1.81. The Morgan fingerprint density at radius 2 is 1.49 bits per heavy atom. The summed E-state index contributed by atoms with van der Waals surface area (Å²) in [5.74, 6) is -2.21. The van der Waals surface area contributed by atoms with Crippen LogP contribution in [0.4, 0.5) is 5.69 Å². The van der Waals surface area contributed by atoms with Gasteiger partial charge in [-0.2, -0.15) is 0 Å². The van der Waals surface area contributed by atoms with Gasteiger partial charge >= 0.3 is 11.9 Å². The van der Waals surface area contributed by atoms with Gasteiger partial charge in [0.2, 0.25) is 0 Å². The van der Waals surface area contributed by atoms with Crippen molar-refractivity contribution in [2.75, 3.05) is 32.8 Å². The second-order valence-corrected chi connectivity index (χ2v) is 15.7. The Kier molecular flexibility index (Phi) is 16.3. The normalized spacial score (nSPS) is 33.9. The Morgan fingerprint density at radius 1 is 0.803 bits per heavy atom. The number of aliphatic hydroxyl groups excluding tert-OH is 5. The molecule has 6 rings (SSSR count). The molecule has 2 aromatic rings. The summed E-state index contributed by atoms with van der Waals surface area (Å²) in [6.45, 7) is 0.539. The van der Waals surface area contributed by atoms with Crippen molar-refractivity contribution in [3.8, 4) is 11.5 Å². The monoisotopic (exact) mass is 863 g/mol. The Morgan fingerprint density at radius 3 is 2.13 bits per heavy atom. The van der Waals surface area contributed by atoms with Crippen molar-refractivity contribution < 1.29 is 87.7 Å². The van der Waals surface area contributed by atoms with Gasteiger partial charge in [0.25, 0.3) is 5.91 Å². The topological polar surface area (TPSA) is 268 Å². The smallest absolute Gasteiger partial charge is 0.338 e. The van der Waals surface area contributed by atoms with E-state index in [0.29, 0.717) is 11.5 Å². The van der Waals surface area contributed by atoms with E-state index < -0.39 is 110 Å². The molecule has 2 aromatic carbocycles. The van der Waals surface area contributed by atoms with E-state index in [0.717, 1.165) is 32.1 Å². The van der Waals surface area contributed by atoms with Gasteiger partial charge in [-0.1, -0.05) is 50.3 Å². The second-order valence-electron chi connectivity index (χ2n) is 15.7. The number of ether oxygens (including phenoxy) is 9. The summed E-state index contributed by atoms with van der Waals surface area (Å²) in [6, 6.07) is 12.5. The van der Waals surface area contributed by atoms with Crippen molar-refractivity contribution in [2.24, 2.45) is 5.92 Å². The number of hydrogen-bond donors (Lipinski definition) is 7. The lowest BCUT2D eigenvalue weighted by molar-refractivity contribution is -0.353. The van der Waals surface area contributed by atoms with E-state index >= 15 is 0 Å². The molecular weight excluding hydrogens is 806 g/mol. The molecule has 1 saturated carbocycles. The maximum absolute atomic E-state index is 14.1. The average Bonchev–Trinajstić information content (AvgIpc) is 3.27. The number of amides is 1. The van der Waals surface area contributed by atoms with Crippen LogP contribution in [0.1, 0.15) is 62.2 Å². The number of rotatable bonds is 16. The lowest BCUT2D eigenvalue weighted by Gasteiger charge is -2.47. The quantitative estimate of drug-likeness (QED) is 0.117. The molecule has 19 nitrogen and oxygen atoms in total. The SMILES string of the molecule is COc1cc(NC(=O)[C@H]2OCC[C@@H](O[C@@H]3O[C@H](CO)[C@H](O)[C@H](OC(CC4CCCCC4)C(=O)O)[C@H]3OC(=O)c3ccccc3)[C@@H]2O[C@@H]2O[C@@H](C)[C@@H](O)[C@@H](O)[C@@H]2O)cc(OC)c1. The van der Waals surface area contributed by atoms with Crippen LogP contribution in [0.15, 0.2) is 48.5 Å². The largest absolute Gasteiger partial charge is 0.497 e. The number of hydrogen-bond acceptors (Lipinski definition) is 17. The molecule has 7 N–H and O–H groups in total. The number of nitrogens with one attached hydrogen (secondary N) is 1. The van der Waals surface area contributed by atoms with Crippen molar-refractivity contribution >= 4 is 23.5 Å². The van der Waals surface area contributed by atoms with Gasteiger partial charge in [-0.25, -0.2) is 9.59 Å². The molecule has 0 aromatic heterocycles. The van der Waals surface area contributed by atoms with Crippen LogP contribution >= 0.6 is 0 Å². The molecule has 3 aliphatic heterocycles. The molecule has 14 atom stereocenters. The van der Waals surface area contributed by atoms with Crippen molar-refractivity contribution in [1.29, 1.82) is 0 Å². The number of benzene rings is 2. The van der Waals surface area contributed by atoms with Gasteiger partial charge in [0, 0.05) is 23.9 Å². The van der Waals surface area contributed by atoms with Crippen LogP contribution in [-0.4, -0.2) is 162 Å². The number of carbonyl (C=O) groups is 3. The maximum atomic E-state index is 14.1. The van der Waals surface area contributed by atoms with Crippen LogP contribution in [-0.2, 0) is 42.7 Å².